The van der Waals surface area contributed by atoms with Crippen LogP contribution >= 0.6 is 0 Å². The maximum absolute atomic E-state index is 13.2. The Kier molecular flexibility index (Phi) is 5.25. The first-order valence-corrected chi connectivity index (χ1v) is 8.93. The predicted octanol–water partition coefficient (Wildman–Crippen LogP) is 1.92. The number of amides is 3. The highest BCUT2D eigenvalue weighted by Crippen LogP contribution is 2.32. The van der Waals surface area contributed by atoms with Gasteiger partial charge in [-0.2, -0.15) is 0 Å². The molecule has 1 aromatic rings. The van der Waals surface area contributed by atoms with Crippen LogP contribution in [0.4, 0.5) is 4.79 Å². The highest BCUT2D eigenvalue weighted by atomic mass is 16.5. The van der Waals surface area contributed by atoms with E-state index in [9.17, 15) is 9.59 Å². The zero-order valence-corrected chi connectivity index (χ0v) is 15.9. The molecule has 0 radical (unpaired) electrons. The molecule has 1 aromatic carbocycles. The number of carbonyl (C=O) groups is 2. The van der Waals surface area contributed by atoms with Crippen LogP contribution in [0.15, 0.2) is 18.2 Å². The van der Waals surface area contributed by atoms with Crippen LogP contribution in [-0.4, -0.2) is 80.6 Å². The van der Waals surface area contributed by atoms with E-state index in [0.717, 1.165) is 12.8 Å². The van der Waals surface area contributed by atoms with Crippen molar-refractivity contribution >= 4 is 11.9 Å². The Balaban J connectivity index is 1.84. The normalized spacial score (nSPS) is 22.0. The van der Waals surface area contributed by atoms with Gasteiger partial charge in [0.25, 0.3) is 5.91 Å². The lowest BCUT2D eigenvalue weighted by Crippen LogP contribution is -2.48. The van der Waals surface area contributed by atoms with E-state index in [0.29, 0.717) is 42.6 Å². The molecule has 2 atom stereocenters. The van der Waals surface area contributed by atoms with Crippen LogP contribution in [0.2, 0.25) is 0 Å². The molecule has 0 saturated carbocycles. The molecule has 3 saturated heterocycles. The van der Waals surface area contributed by atoms with Gasteiger partial charge in [-0.15, -0.1) is 0 Å². The van der Waals surface area contributed by atoms with E-state index in [-0.39, 0.29) is 18.0 Å². The van der Waals surface area contributed by atoms with Crippen molar-refractivity contribution in [2.75, 3.05) is 47.9 Å². The number of nitrogens with zero attached hydrogens (tertiary/aromatic N) is 3. The minimum atomic E-state index is -0.0432. The summed E-state index contributed by atoms with van der Waals surface area (Å²) in [6.07, 6.45) is 1.97. The molecule has 3 aliphatic rings. The lowest BCUT2D eigenvalue weighted by atomic mass is 9.94. The lowest BCUT2D eigenvalue weighted by molar-refractivity contribution is 0.0582. The summed E-state index contributed by atoms with van der Waals surface area (Å²) in [5.74, 6) is 1.43. The number of fused-ring (bicyclic) bond motifs is 4. The standard InChI is InChI=1S/C19H27N3O4/c1-20(2)19(24)21-10-13-5-6-14(12-21)22(11-13)18(23)16-8-7-15(25-3)9-17(16)26-4/h7-9,13-14H,5-6,10-12H2,1-4H3/t13-,14+/m0/s1. The van der Waals surface area contributed by atoms with Crippen LogP contribution in [0.5, 0.6) is 11.5 Å². The van der Waals surface area contributed by atoms with Crippen molar-refractivity contribution in [3.05, 3.63) is 23.8 Å². The summed E-state index contributed by atoms with van der Waals surface area (Å²) in [6, 6.07) is 5.30. The fourth-order valence-electron chi connectivity index (χ4n) is 3.90. The number of hydrogen-bond acceptors (Lipinski definition) is 4. The molecule has 2 bridgehead atoms. The third kappa shape index (κ3) is 3.43. The number of rotatable bonds is 3. The summed E-state index contributed by atoms with van der Waals surface area (Å²) in [5.41, 5.74) is 0.534. The topological polar surface area (TPSA) is 62.3 Å². The zero-order chi connectivity index (χ0) is 18.8. The average Bonchev–Trinajstić information content (AvgIpc) is 2.98. The summed E-state index contributed by atoms with van der Waals surface area (Å²) in [7, 11) is 6.67. The fraction of sp³-hybridized carbons (Fsp3) is 0.579. The van der Waals surface area contributed by atoms with E-state index in [1.54, 1.807) is 51.4 Å². The van der Waals surface area contributed by atoms with E-state index < -0.39 is 0 Å². The maximum atomic E-state index is 13.2. The number of piperidine rings is 1. The molecule has 3 heterocycles. The second kappa shape index (κ2) is 7.43. The number of methoxy groups -OCH3 is 2. The Morgan fingerprint density at radius 3 is 2.50 bits per heavy atom. The van der Waals surface area contributed by atoms with Crippen LogP contribution in [0.1, 0.15) is 23.2 Å². The Morgan fingerprint density at radius 1 is 1.08 bits per heavy atom. The van der Waals surface area contributed by atoms with Crippen molar-refractivity contribution < 1.29 is 19.1 Å². The third-order valence-electron chi connectivity index (χ3n) is 5.27. The minimum absolute atomic E-state index is 0.0122. The highest BCUT2D eigenvalue weighted by molar-refractivity contribution is 5.97. The molecule has 4 rings (SSSR count). The van der Waals surface area contributed by atoms with Crippen molar-refractivity contribution in [1.29, 1.82) is 0 Å². The van der Waals surface area contributed by atoms with Crippen LogP contribution < -0.4 is 9.47 Å². The van der Waals surface area contributed by atoms with Gasteiger partial charge in [0, 0.05) is 45.8 Å². The van der Waals surface area contributed by atoms with E-state index >= 15 is 0 Å². The monoisotopic (exact) mass is 361 g/mol. The molecule has 3 amide bonds. The summed E-state index contributed by atoms with van der Waals surface area (Å²) < 4.78 is 10.6. The Morgan fingerprint density at radius 2 is 1.85 bits per heavy atom. The molecule has 7 nitrogen and oxygen atoms in total. The van der Waals surface area contributed by atoms with Gasteiger partial charge in [-0.05, 0) is 30.9 Å². The summed E-state index contributed by atoms with van der Waals surface area (Å²) in [6.45, 7) is 1.96. The maximum Gasteiger partial charge on any atom is 0.319 e. The first kappa shape index (κ1) is 18.4. The molecule has 0 N–H and O–H groups in total. The first-order valence-electron chi connectivity index (χ1n) is 8.93. The number of hydrogen-bond donors (Lipinski definition) is 0. The fourth-order valence-corrected chi connectivity index (χ4v) is 3.90. The van der Waals surface area contributed by atoms with Crippen LogP contribution in [0, 0.1) is 5.92 Å². The summed E-state index contributed by atoms with van der Waals surface area (Å²) in [4.78, 5) is 31.0. The molecule has 3 fully saturated rings. The minimum Gasteiger partial charge on any atom is -0.497 e. The molecule has 3 aliphatic heterocycles. The van der Waals surface area contributed by atoms with Gasteiger partial charge >= 0.3 is 6.03 Å². The summed E-state index contributed by atoms with van der Waals surface area (Å²) >= 11 is 0. The van der Waals surface area contributed by atoms with Gasteiger partial charge in [0.1, 0.15) is 11.5 Å². The molecular weight excluding hydrogens is 334 g/mol. The molecule has 0 spiro atoms. The van der Waals surface area contributed by atoms with E-state index in [1.807, 2.05) is 9.80 Å². The number of benzene rings is 1. The molecule has 26 heavy (non-hydrogen) atoms. The zero-order valence-electron chi connectivity index (χ0n) is 15.9. The molecular formula is C19H27N3O4. The summed E-state index contributed by atoms with van der Waals surface area (Å²) in [5, 5.41) is 0. The average molecular weight is 361 g/mol. The second-order valence-electron chi connectivity index (χ2n) is 7.20. The van der Waals surface area contributed by atoms with Gasteiger partial charge < -0.3 is 24.2 Å². The molecule has 142 valence electrons. The number of urea groups is 1. The van der Waals surface area contributed by atoms with Gasteiger partial charge in [-0.3, -0.25) is 4.79 Å². The van der Waals surface area contributed by atoms with Gasteiger partial charge in [0.05, 0.1) is 19.8 Å². The van der Waals surface area contributed by atoms with Crippen molar-refractivity contribution in [3.8, 4) is 11.5 Å². The van der Waals surface area contributed by atoms with Crippen molar-refractivity contribution in [1.82, 2.24) is 14.7 Å². The molecule has 0 aliphatic carbocycles. The molecule has 0 unspecified atom stereocenters. The van der Waals surface area contributed by atoms with Gasteiger partial charge in [-0.25, -0.2) is 4.79 Å². The number of carbonyl (C=O) groups excluding carboxylic acids is 2. The second-order valence-corrected chi connectivity index (χ2v) is 7.20. The Labute approximate surface area is 154 Å². The Hall–Kier alpha value is -2.44. The van der Waals surface area contributed by atoms with Crippen LogP contribution in [0.3, 0.4) is 0 Å². The van der Waals surface area contributed by atoms with E-state index in [2.05, 4.69) is 0 Å². The smallest absolute Gasteiger partial charge is 0.319 e. The van der Waals surface area contributed by atoms with E-state index in [1.165, 1.54) is 0 Å². The van der Waals surface area contributed by atoms with Gasteiger partial charge in [-0.1, -0.05) is 0 Å². The van der Waals surface area contributed by atoms with Crippen LogP contribution in [0.25, 0.3) is 0 Å². The van der Waals surface area contributed by atoms with Crippen molar-refractivity contribution in [2.24, 2.45) is 5.92 Å². The SMILES string of the molecule is COc1ccc(C(=O)N2C[C@H]3CC[C@@H]2CN(C(=O)N(C)C)C3)c(OC)c1. The largest absolute Gasteiger partial charge is 0.497 e. The molecule has 7 heteroatoms. The Bertz CT molecular complexity index is 691. The van der Waals surface area contributed by atoms with Crippen LogP contribution in [-0.2, 0) is 0 Å². The van der Waals surface area contributed by atoms with Gasteiger partial charge in [0.15, 0.2) is 0 Å². The quantitative estimate of drug-likeness (QED) is 0.825. The predicted molar refractivity (Wildman–Crippen MR) is 97.8 cm³/mol. The highest BCUT2D eigenvalue weighted by Gasteiger charge is 2.39. The van der Waals surface area contributed by atoms with E-state index in [4.69, 9.17) is 9.47 Å². The van der Waals surface area contributed by atoms with Gasteiger partial charge in [0.2, 0.25) is 0 Å². The van der Waals surface area contributed by atoms with Crippen molar-refractivity contribution in [2.45, 2.75) is 18.9 Å². The first-order chi connectivity index (χ1) is 12.4. The lowest BCUT2D eigenvalue weighted by Gasteiger charge is -2.36. The number of ether oxygens (including phenoxy) is 2. The third-order valence-corrected chi connectivity index (χ3v) is 5.27. The van der Waals surface area contributed by atoms with Crippen molar-refractivity contribution in [3.63, 3.8) is 0 Å². The molecule has 0 aromatic heterocycles.